The highest BCUT2D eigenvalue weighted by molar-refractivity contribution is 8.15. The van der Waals surface area contributed by atoms with Gasteiger partial charge in [-0.2, -0.15) is 18.3 Å². The Morgan fingerprint density at radius 2 is 1.83 bits per heavy atom. The molecule has 0 radical (unpaired) electrons. The van der Waals surface area contributed by atoms with Gasteiger partial charge < -0.3 is 10.6 Å². The highest BCUT2D eigenvalue weighted by Crippen LogP contribution is 2.34. The molecule has 1 aliphatic heterocycles. The lowest BCUT2D eigenvalue weighted by atomic mass is 10.1. The highest BCUT2D eigenvalue weighted by atomic mass is 32.2. The van der Waals surface area contributed by atoms with E-state index in [-0.39, 0.29) is 17.3 Å². The number of rotatable bonds is 5. The molecule has 2 aromatic carbocycles. The lowest BCUT2D eigenvalue weighted by molar-refractivity contribution is -0.137. The van der Waals surface area contributed by atoms with Gasteiger partial charge in [-0.05, 0) is 17.7 Å². The number of halogens is 3. The Balaban J connectivity index is 1.60. The van der Waals surface area contributed by atoms with Crippen LogP contribution in [0.2, 0.25) is 0 Å². The fourth-order valence-corrected chi connectivity index (χ4v) is 3.41. The van der Waals surface area contributed by atoms with Crippen molar-refractivity contribution >= 4 is 40.6 Å². The molecular weight excluding hydrogens is 405 g/mol. The van der Waals surface area contributed by atoms with Crippen LogP contribution in [0.4, 0.5) is 18.9 Å². The topological polar surface area (TPSA) is 82.9 Å². The molecule has 10 heteroatoms. The van der Waals surface area contributed by atoms with Gasteiger partial charge in [0.25, 0.3) is 0 Å². The molecule has 2 amide bonds. The van der Waals surface area contributed by atoms with Crippen LogP contribution in [0.3, 0.4) is 0 Å². The minimum Gasteiger partial charge on any atom is -0.325 e. The van der Waals surface area contributed by atoms with E-state index >= 15 is 0 Å². The molecule has 0 saturated carbocycles. The second kappa shape index (κ2) is 8.91. The largest absolute Gasteiger partial charge is 0.418 e. The van der Waals surface area contributed by atoms with E-state index in [1.54, 1.807) is 0 Å². The highest BCUT2D eigenvalue weighted by Gasteiger charge is 2.35. The van der Waals surface area contributed by atoms with Crippen LogP contribution in [-0.2, 0) is 15.8 Å². The van der Waals surface area contributed by atoms with Crippen LogP contribution in [-0.4, -0.2) is 28.4 Å². The second-order valence-electron chi connectivity index (χ2n) is 5.95. The van der Waals surface area contributed by atoms with Gasteiger partial charge in [-0.15, -0.1) is 5.10 Å². The van der Waals surface area contributed by atoms with Crippen LogP contribution in [0.5, 0.6) is 0 Å². The van der Waals surface area contributed by atoms with Crippen molar-refractivity contribution in [3.63, 3.8) is 0 Å². The molecule has 0 aromatic heterocycles. The summed E-state index contributed by atoms with van der Waals surface area (Å²) in [6.45, 7) is 0. The van der Waals surface area contributed by atoms with Crippen molar-refractivity contribution in [2.45, 2.75) is 17.8 Å². The number of carbonyl (C=O) groups is 2. The molecule has 0 spiro atoms. The van der Waals surface area contributed by atoms with Crippen LogP contribution in [0.1, 0.15) is 17.5 Å². The monoisotopic (exact) mass is 420 g/mol. The predicted octanol–water partition coefficient (Wildman–Crippen LogP) is 3.66. The van der Waals surface area contributed by atoms with E-state index in [1.165, 1.54) is 18.3 Å². The minimum atomic E-state index is -4.60. The van der Waals surface area contributed by atoms with Gasteiger partial charge in [0.1, 0.15) is 5.25 Å². The summed E-state index contributed by atoms with van der Waals surface area (Å²) in [5.74, 6) is -1.16. The van der Waals surface area contributed by atoms with Gasteiger partial charge in [0.05, 0.1) is 17.5 Å². The first-order valence-electron chi connectivity index (χ1n) is 8.42. The Morgan fingerprint density at radius 3 is 2.55 bits per heavy atom. The molecule has 0 unspecified atom stereocenters. The number of amides is 2. The molecular formula is C19H15F3N4O2S. The number of para-hydroxylation sites is 1. The SMILES string of the molecule is O=C(C[C@H]1S/C(=N/N=C\c2ccccc2)NC1=O)Nc1ccccc1C(F)(F)F. The zero-order chi connectivity index (χ0) is 20.9. The molecule has 6 nitrogen and oxygen atoms in total. The molecule has 3 rings (SSSR count). The van der Waals surface area contributed by atoms with Crippen molar-refractivity contribution in [1.29, 1.82) is 0 Å². The van der Waals surface area contributed by atoms with Crippen molar-refractivity contribution < 1.29 is 22.8 Å². The molecule has 1 aliphatic rings. The van der Waals surface area contributed by atoms with Crippen LogP contribution < -0.4 is 10.6 Å². The van der Waals surface area contributed by atoms with E-state index in [0.717, 1.165) is 29.5 Å². The molecule has 150 valence electrons. The van der Waals surface area contributed by atoms with Crippen LogP contribution >= 0.6 is 11.8 Å². The molecule has 2 N–H and O–H groups in total. The van der Waals surface area contributed by atoms with Crippen LogP contribution in [0.25, 0.3) is 0 Å². The maximum Gasteiger partial charge on any atom is 0.418 e. The Labute approximate surface area is 168 Å². The number of thioether (sulfide) groups is 1. The summed E-state index contributed by atoms with van der Waals surface area (Å²) in [5, 5.41) is 11.9. The fraction of sp³-hybridized carbons (Fsp3) is 0.158. The van der Waals surface area contributed by atoms with Gasteiger partial charge in [0, 0.05) is 6.42 Å². The summed E-state index contributed by atoms with van der Waals surface area (Å²) in [6, 6.07) is 13.9. The second-order valence-corrected chi connectivity index (χ2v) is 7.14. The Morgan fingerprint density at radius 1 is 1.14 bits per heavy atom. The number of nitrogens with zero attached hydrogens (tertiary/aromatic N) is 2. The Bertz CT molecular complexity index is 961. The molecule has 29 heavy (non-hydrogen) atoms. The van der Waals surface area contributed by atoms with Gasteiger partial charge in [-0.25, -0.2) is 0 Å². The summed E-state index contributed by atoms with van der Waals surface area (Å²) < 4.78 is 39.0. The zero-order valence-electron chi connectivity index (χ0n) is 14.8. The van der Waals surface area contributed by atoms with Crippen molar-refractivity contribution in [1.82, 2.24) is 5.32 Å². The number of nitrogens with one attached hydrogen (secondary N) is 2. The number of hydrogen-bond acceptors (Lipinski definition) is 5. The van der Waals surface area contributed by atoms with Crippen molar-refractivity contribution in [2.24, 2.45) is 10.2 Å². The van der Waals surface area contributed by atoms with Crippen LogP contribution in [0.15, 0.2) is 64.8 Å². The average molecular weight is 420 g/mol. The average Bonchev–Trinajstić information content (AvgIpc) is 3.01. The summed E-state index contributed by atoms with van der Waals surface area (Å²) >= 11 is 0.995. The van der Waals surface area contributed by atoms with E-state index in [4.69, 9.17) is 0 Å². The maximum atomic E-state index is 13.0. The van der Waals surface area contributed by atoms with E-state index in [9.17, 15) is 22.8 Å². The minimum absolute atomic E-state index is 0.218. The third kappa shape index (κ3) is 5.67. The third-order valence-corrected chi connectivity index (χ3v) is 4.88. The molecule has 1 atom stereocenters. The number of anilines is 1. The van der Waals surface area contributed by atoms with Crippen molar-refractivity contribution in [3.05, 3.63) is 65.7 Å². The molecule has 2 aromatic rings. The lowest BCUT2D eigenvalue weighted by Crippen LogP contribution is -2.28. The number of benzene rings is 2. The molecule has 1 saturated heterocycles. The molecule has 1 fully saturated rings. The third-order valence-electron chi connectivity index (χ3n) is 3.81. The number of carbonyl (C=O) groups excluding carboxylic acids is 2. The summed E-state index contributed by atoms with van der Waals surface area (Å²) in [6.07, 6.45) is -3.39. The van der Waals surface area contributed by atoms with E-state index in [2.05, 4.69) is 20.8 Å². The van der Waals surface area contributed by atoms with E-state index in [1.807, 2.05) is 30.3 Å². The normalized spacial score (nSPS) is 18.2. The van der Waals surface area contributed by atoms with Gasteiger partial charge in [0.2, 0.25) is 11.8 Å². The number of hydrogen-bond donors (Lipinski definition) is 2. The Hall–Kier alpha value is -3.14. The van der Waals surface area contributed by atoms with Crippen molar-refractivity contribution in [2.75, 3.05) is 5.32 Å². The van der Waals surface area contributed by atoms with Crippen molar-refractivity contribution in [3.8, 4) is 0 Å². The standard InChI is InChI=1S/C19H15F3N4O2S/c20-19(21,22)13-8-4-5-9-14(13)24-16(27)10-15-17(28)25-18(29-15)26-23-11-12-6-2-1-3-7-12/h1-9,11,15H,10H2,(H,24,27)(H,25,26,28)/b23-11-/t15-/m1/s1. The fourth-order valence-electron chi connectivity index (χ4n) is 2.48. The smallest absolute Gasteiger partial charge is 0.325 e. The first kappa shape index (κ1) is 20.6. The number of amidine groups is 1. The maximum absolute atomic E-state index is 13.0. The molecule has 0 aliphatic carbocycles. The van der Waals surface area contributed by atoms with E-state index in [0.29, 0.717) is 0 Å². The van der Waals surface area contributed by atoms with Gasteiger partial charge >= 0.3 is 6.18 Å². The first-order chi connectivity index (χ1) is 13.8. The van der Waals surface area contributed by atoms with Gasteiger partial charge in [-0.3, -0.25) is 9.59 Å². The summed E-state index contributed by atoms with van der Waals surface area (Å²) in [5.41, 5.74) is -0.477. The summed E-state index contributed by atoms with van der Waals surface area (Å²) in [4.78, 5) is 24.2. The molecule has 0 bridgehead atoms. The van der Waals surface area contributed by atoms with Crippen LogP contribution in [0, 0.1) is 0 Å². The predicted molar refractivity (Wildman–Crippen MR) is 106 cm³/mol. The van der Waals surface area contributed by atoms with E-state index < -0.39 is 28.8 Å². The lowest BCUT2D eigenvalue weighted by Gasteiger charge is -2.14. The first-order valence-corrected chi connectivity index (χ1v) is 9.30. The van der Waals surface area contributed by atoms with Gasteiger partial charge in [0.15, 0.2) is 5.17 Å². The van der Waals surface area contributed by atoms with Gasteiger partial charge in [-0.1, -0.05) is 54.2 Å². The summed E-state index contributed by atoms with van der Waals surface area (Å²) in [7, 11) is 0. The zero-order valence-corrected chi connectivity index (χ0v) is 15.6. The Kier molecular flexibility index (Phi) is 6.32. The number of alkyl halides is 3. The molecule has 1 heterocycles. The quantitative estimate of drug-likeness (QED) is 0.572.